The molecule has 6 nitrogen and oxygen atoms in total. The van der Waals surface area contributed by atoms with Crippen LogP contribution in [0, 0.1) is 13.8 Å². The van der Waals surface area contributed by atoms with E-state index in [1.165, 1.54) is 11.8 Å². The Kier molecular flexibility index (Phi) is 4.73. The number of aryl methyl sites for hydroxylation is 2. The predicted octanol–water partition coefficient (Wildman–Crippen LogP) is 3.28. The molecule has 1 aromatic carbocycles. The second-order valence-corrected chi connectivity index (χ2v) is 6.88. The Morgan fingerprint density at radius 1 is 1.35 bits per heavy atom. The number of H-pyrrole nitrogens is 1. The molecule has 1 amide bonds. The molecule has 0 fully saturated rings. The van der Waals surface area contributed by atoms with E-state index in [0.717, 1.165) is 27.8 Å². The van der Waals surface area contributed by atoms with Crippen LogP contribution >= 0.6 is 23.1 Å². The molecule has 0 saturated carbocycles. The van der Waals surface area contributed by atoms with E-state index >= 15 is 0 Å². The number of aromatic nitrogens is 4. The van der Waals surface area contributed by atoms with Gasteiger partial charge < -0.3 is 5.32 Å². The molecule has 0 atom stereocenters. The molecule has 0 aliphatic carbocycles. The Balaban J connectivity index is 1.62. The summed E-state index contributed by atoms with van der Waals surface area (Å²) in [4.78, 5) is 20.6. The maximum atomic E-state index is 12.0. The van der Waals surface area contributed by atoms with E-state index in [1.807, 2.05) is 43.5 Å². The summed E-state index contributed by atoms with van der Waals surface area (Å²) in [5, 5.41) is 13.2. The van der Waals surface area contributed by atoms with Gasteiger partial charge in [0.25, 0.3) is 0 Å². The number of benzene rings is 1. The van der Waals surface area contributed by atoms with Crippen LogP contribution in [0.25, 0.3) is 11.3 Å². The number of amides is 1. The molecule has 0 radical (unpaired) electrons. The van der Waals surface area contributed by atoms with E-state index in [4.69, 9.17) is 0 Å². The normalized spacial score (nSPS) is 10.7. The first-order valence-electron chi connectivity index (χ1n) is 6.94. The fourth-order valence-electron chi connectivity index (χ4n) is 1.97. The zero-order valence-electron chi connectivity index (χ0n) is 12.7. The first kappa shape index (κ1) is 15.7. The van der Waals surface area contributed by atoms with Crippen molar-refractivity contribution in [3.8, 4) is 11.3 Å². The molecule has 0 spiro atoms. The smallest absolute Gasteiger partial charge is 0.234 e. The topological polar surface area (TPSA) is 83.6 Å². The molecule has 0 bridgehead atoms. The second-order valence-electron chi connectivity index (χ2n) is 4.87. The van der Waals surface area contributed by atoms with Gasteiger partial charge in [-0.1, -0.05) is 23.9 Å². The Bertz CT molecular complexity index is 827. The summed E-state index contributed by atoms with van der Waals surface area (Å²) in [5.41, 5.74) is 2.67. The van der Waals surface area contributed by atoms with Crippen molar-refractivity contribution < 1.29 is 4.79 Å². The van der Waals surface area contributed by atoms with Crippen LogP contribution in [0.3, 0.4) is 0 Å². The SMILES string of the molecule is Cc1nc(SCC(=O)Nc2cccc(-c3csc(C)n3)c2)n[nH]1. The number of carbonyl (C=O) groups excluding carboxylic acids is 1. The number of aromatic amines is 1. The molecular formula is C15H15N5OS2. The lowest BCUT2D eigenvalue weighted by molar-refractivity contribution is -0.113. The van der Waals surface area contributed by atoms with Crippen LogP contribution in [-0.2, 0) is 4.79 Å². The minimum absolute atomic E-state index is 0.0935. The highest BCUT2D eigenvalue weighted by Gasteiger charge is 2.08. The lowest BCUT2D eigenvalue weighted by Gasteiger charge is -2.05. The minimum atomic E-state index is -0.0935. The van der Waals surface area contributed by atoms with Gasteiger partial charge in [0, 0.05) is 16.6 Å². The Morgan fingerprint density at radius 2 is 2.22 bits per heavy atom. The average Bonchev–Trinajstić information content (AvgIpc) is 3.14. The maximum Gasteiger partial charge on any atom is 0.234 e. The van der Waals surface area contributed by atoms with Gasteiger partial charge in [0.15, 0.2) is 0 Å². The number of nitrogens with zero attached hydrogens (tertiary/aromatic N) is 3. The van der Waals surface area contributed by atoms with E-state index in [9.17, 15) is 4.79 Å². The summed E-state index contributed by atoms with van der Waals surface area (Å²) in [5.74, 6) is 0.903. The van der Waals surface area contributed by atoms with Crippen molar-refractivity contribution in [2.45, 2.75) is 19.0 Å². The van der Waals surface area contributed by atoms with Crippen LogP contribution in [0.15, 0.2) is 34.8 Å². The van der Waals surface area contributed by atoms with E-state index in [2.05, 4.69) is 25.5 Å². The van der Waals surface area contributed by atoms with Crippen molar-refractivity contribution in [3.63, 3.8) is 0 Å². The van der Waals surface area contributed by atoms with Gasteiger partial charge in [0.2, 0.25) is 11.1 Å². The molecule has 0 unspecified atom stereocenters. The van der Waals surface area contributed by atoms with Crippen molar-refractivity contribution in [1.29, 1.82) is 0 Å². The van der Waals surface area contributed by atoms with E-state index in [-0.39, 0.29) is 11.7 Å². The maximum absolute atomic E-state index is 12.0. The number of rotatable bonds is 5. The average molecular weight is 345 g/mol. The highest BCUT2D eigenvalue weighted by molar-refractivity contribution is 7.99. The van der Waals surface area contributed by atoms with Crippen LogP contribution in [0.1, 0.15) is 10.8 Å². The summed E-state index contributed by atoms with van der Waals surface area (Å²) >= 11 is 2.90. The van der Waals surface area contributed by atoms with Crippen LogP contribution in [-0.4, -0.2) is 31.8 Å². The zero-order chi connectivity index (χ0) is 16.2. The molecule has 0 aliphatic heterocycles. The fraction of sp³-hybridized carbons (Fsp3) is 0.200. The van der Waals surface area contributed by atoms with Crippen molar-refractivity contribution in [2.75, 3.05) is 11.1 Å². The lowest BCUT2D eigenvalue weighted by atomic mass is 10.1. The summed E-state index contributed by atoms with van der Waals surface area (Å²) in [7, 11) is 0. The van der Waals surface area contributed by atoms with E-state index in [0.29, 0.717) is 5.16 Å². The predicted molar refractivity (Wildman–Crippen MR) is 92.8 cm³/mol. The van der Waals surface area contributed by atoms with Gasteiger partial charge in [-0.05, 0) is 26.0 Å². The van der Waals surface area contributed by atoms with Crippen molar-refractivity contribution in [3.05, 3.63) is 40.5 Å². The number of hydrogen-bond acceptors (Lipinski definition) is 6. The second kappa shape index (κ2) is 6.93. The molecule has 0 saturated heterocycles. The van der Waals surface area contributed by atoms with Gasteiger partial charge in [-0.15, -0.1) is 16.4 Å². The number of thioether (sulfide) groups is 1. The van der Waals surface area contributed by atoms with Gasteiger partial charge in [-0.2, -0.15) is 0 Å². The molecular weight excluding hydrogens is 330 g/mol. The van der Waals surface area contributed by atoms with Crippen molar-refractivity contribution in [2.24, 2.45) is 0 Å². The summed E-state index contributed by atoms with van der Waals surface area (Å²) in [6.07, 6.45) is 0. The lowest BCUT2D eigenvalue weighted by Crippen LogP contribution is -2.14. The highest BCUT2D eigenvalue weighted by Crippen LogP contribution is 2.24. The van der Waals surface area contributed by atoms with Gasteiger partial charge in [0.05, 0.1) is 16.5 Å². The van der Waals surface area contributed by atoms with Crippen molar-refractivity contribution in [1.82, 2.24) is 20.2 Å². The molecule has 3 rings (SSSR count). The van der Waals surface area contributed by atoms with E-state index < -0.39 is 0 Å². The summed E-state index contributed by atoms with van der Waals surface area (Å²) in [6, 6.07) is 7.68. The van der Waals surface area contributed by atoms with Gasteiger partial charge >= 0.3 is 0 Å². The Labute approximate surface area is 141 Å². The third-order valence-electron chi connectivity index (χ3n) is 2.97. The zero-order valence-corrected chi connectivity index (χ0v) is 14.3. The van der Waals surface area contributed by atoms with Gasteiger partial charge in [-0.25, -0.2) is 9.97 Å². The van der Waals surface area contributed by atoms with Gasteiger partial charge in [0.1, 0.15) is 5.82 Å². The number of anilines is 1. The molecule has 3 aromatic rings. The largest absolute Gasteiger partial charge is 0.325 e. The molecule has 0 aliphatic rings. The summed E-state index contributed by atoms with van der Waals surface area (Å²) < 4.78 is 0. The molecule has 8 heteroatoms. The van der Waals surface area contributed by atoms with Gasteiger partial charge in [-0.3, -0.25) is 9.89 Å². The third-order valence-corrected chi connectivity index (χ3v) is 4.59. The third kappa shape index (κ3) is 4.17. The fourth-order valence-corrected chi connectivity index (χ4v) is 3.23. The highest BCUT2D eigenvalue weighted by atomic mass is 32.2. The molecule has 118 valence electrons. The number of thiazole rings is 1. The van der Waals surface area contributed by atoms with Crippen LogP contribution < -0.4 is 5.32 Å². The molecule has 2 heterocycles. The van der Waals surface area contributed by atoms with Crippen LogP contribution in [0.4, 0.5) is 5.69 Å². The monoisotopic (exact) mass is 345 g/mol. The number of carbonyl (C=O) groups is 1. The van der Waals surface area contributed by atoms with Crippen LogP contribution in [0.5, 0.6) is 0 Å². The summed E-state index contributed by atoms with van der Waals surface area (Å²) in [6.45, 7) is 3.80. The first-order valence-corrected chi connectivity index (χ1v) is 8.81. The molecule has 2 aromatic heterocycles. The number of hydrogen-bond donors (Lipinski definition) is 2. The first-order chi connectivity index (χ1) is 11.1. The Morgan fingerprint density at radius 3 is 2.91 bits per heavy atom. The number of nitrogens with one attached hydrogen (secondary N) is 2. The quantitative estimate of drug-likeness (QED) is 0.693. The Hall–Kier alpha value is -2.19. The van der Waals surface area contributed by atoms with E-state index in [1.54, 1.807) is 11.3 Å². The van der Waals surface area contributed by atoms with Crippen LogP contribution in [0.2, 0.25) is 0 Å². The molecule has 2 N–H and O–H groups in total. The molecule has 23 heavy (non-hydrogen) atoms. The minimum Gasteiger partial charge on any atom is -0.325 e. The standard InChI is InChI=1S/C15H15N5OS2/c1-9-16-15(20-19-9)23-8-14(21)18-12-5-3-4-11(6-12)13-7-22-10(2)17-13/h3-7H,8H2,1-2H3,(H,18,21)(H,16,19,20). The van der Waals surface area contributed by atoms with Crippen molar-refractivity contribution >= 4 is 34.7 Å².